The van der Waals surface area contributed by atoms with E-state index in [0.29, 0.717) is 6.67 Å². The minimum absolute atomic E-state index is 0.167. The van der Waals surface area contributed by atoms with Crippen molar-refractivity contribution in [2.75, 3.05) is 27.3 Å². The number of halogens is 7. The summed E-state index contributed by atoms with van der Waals surface area (Å²) in [5.41, 5.74) is 0. The maximum atomic E-state index is 12.1. The molecule has 98 valence electrons. The number of nitrogens with zero attached hydrogens (tertiary/aromatic N) is 1. The van der Waals surface area contributed by atoms with E-state index in [4.69, 9.17) is 0 Å². The van der Waals surface area contributed by atoms with E-state index < -0.39 is 19.5 Å². The Morgan fingerprint density at radius 1 is 1.19 bits per heavy atom. The number of nitrogens with one attached hydrogen (secondary N) is 1. The fraction of sp³-hybridized carbons (Fsp3) is 1.00. The van der Waals surface area contributed by atoms with Gasteiger partial charge in [-0.05, 0) is 7.05 Å². The highest BCUT2D eigenvalue weighted by atomic mass is 19.5. The normalized spacial score (nSPS) is 27.6. The molecule has 1 aliphatic rings. The van der Waals surface area contributed by atoms with Gasteiger partial charge in [-0.3, -0.25) is 0 Å². The van der Waals surface area contributed by atoms with Crippen LogP contribution in [0, 0.1) is 0 Å². The minimum atomic E-state index is -6.00. The molecule has 0 amide bonds. The third-order valence-electron chi connectivity index (χ3n) is 1.97. The van der Waals surface area contributed by atoms with Crippen molar-refractivity contribution in [1.29, 1.82) is 0 Å². The molecule has 0 spiro atoms. The molecule has 10 heteroatoms. The molecule has 0 saturated carbocycles. The van der Waals surface area contributed by atoms with Gasteiger partial charge in [-0.2, -0.15) is 13.2 Å². The van der Waals surface area contributed by atoms with Crippen LogP contribution in [0.5, 0.6) is 0 Å². The van der Waals surface area contributed by atoms with Gasteiger partial charge in [-0.1, -0.05) is 0 Å². The first-order valence-corrected chi connectivity index (χ1v) is 4.37. The highest BCUT2D eigenvalue weighted by molar-refractivity contribution is 6.50. The number of alkyl halides is 3. The molecule has 1 saturated heterocycles. The molecule has 1 heterocycles. The molecule has 0 aromatic carbocycles. The fourth-order valence-corrected chi connectivity index (χ4v) is 1.45. The molecule has 2 atom stereocenters. The first kappa shape index (κ1) is 15.5. The summed E-state index contributed by atoms with van der Waals surface area (Å²) in [6.07, 6.45) is -4.06. The topological polar surface area (TPSA) is 7.68 Å². The molecule has 0 aliphatic carbocycles. The SMILES string of the molecule is CN1C[NH+](C)CC1C(F)(F)F.F[B-](F)(F)F. The first-order chi connectivity index (χ1) is 6.91. The summed E-state index contributed by atoms with van der Waals surface area (Å²) in [7, 11) is -2.73. The van der Waals surface area contributed by atoms with Crippen LogP contribution in [0.15, 0.2) is 0 Å². The van der Waals surface area contributed by atoms with Crippen molar-refractivity contribution in [3.8, 4) is 0 Å². The second-order valence-electron chi connectivity index (χ2n) is 3.63. The van der Waals surface area contributed by atoms with Crippen LogP contribution in [0.4, 0.5) is 30.4 Å². The Hall–Kier alpha value is -0.505. The summed E-state index contributed by atoms with van der Waals surface area (Å²) in [6, 6.07) is -1.25. The lowest BCUT2D eigenvalue weighted by Crippen LogP contribution is -3.07. The Labute approximate surface area is 88.1 Å². The van der Waals surface area contributed by atoms with Crippen LogP contribution in [0.1, 0.15) is 0 Å². The monoisotopic (exact) mass is 256 g/mol. The molecule has 0 aromatic heterocycles. The predicted molar refractivity (Wildman–Crippen MR) is 44.4 cm³/mol. The van der Waals surface area contributed by atoms with Gasteiger partial charge in [0.15, 0.2) is 6.04 Å². The minimum Gasteiger partial charge on any atom is -0.418 e. The molecule has 0 aromatic rings. The van der Waals surface area contributed by atoms with E-state index in [9.17, 15) is 30.4 Å². The summed E-state index contributed by atoms with van der Waals surface area (Å²) in [5, 5.41) is 0. The van der Waals surface area contributed by atoms with E-state index in [2.05, 4.69) is 0 Å². The molecular weight excluding hydrogens is 244 g/mol. The van der Waals surface area contributed by atoms with Gasteiger partial charge in [0, 0.05) is 0 Å². The standard InChI is InChI=1S/C6H11F3N2.BF4/c1-10-3-5(6(7,8)9)11(2)4-10;2-1(3,4)5/h5H,3-4H2,1-2H3;/q;-1/p+1. The molecule has 2 unspecified atom stereocenters. The van der Waals surface area contributed by atoms with Gasteiger partial charge >= 0.3 is 13.4 Å². The van der Waals surface area contributed by atoms with E-state index in [1.54, 1.807) is 7.05 Å². The first-order valence-electron chi connectivity index (χ1n) is 4.37. The van der Waals surface area contributed by atoms with Crippen LogP contribution in [0.25, 0.3) is 0 Å². The van der Waals surface area contributed by atoms with Crippen LogP contribution < -0.4 is 4.90 Å². The molecule has 1 fully saturated rings. The summed E-state index contributed by atoms with van der Waals surface area (Å²) >= 11 is 0. The maximum absolute atomic E-state index is 12.1. The molecule has 0 radical (unpaired) electrons. The van der Waals surface area contributed by atoms with E-state index in [1.807, 2.05) is 0 Å². The quantitative estimate of drug-likeness (QED) is 0.493. The molecule has 1 aliphatic heterocycles. The van der Waals surface area contributed by atoms with Crippen LogP contribution in [0.2, 0.25) is 0 Å². The molecule has 2 nitrogen and oxygen atoms in total. The summed E-state index contributed by atoms with van der Waals surface area (Å²) in [5.74, 6) is 0. The Balaban J connectivity index is 0.000000385. The van der Waals surface area contributed by atoms with Crippen LogP contribution in [-0.2, 0) is 0 Å². The zero-order valence-electron chi connectivity index (χ0n) is 8.66. The summed E-state index contributed by atoms with van der Waals surface area (Å²) in [4.78, 5) is 2.25. The van der Waals surface area contributed by atoms with Crippen molar-refractivity contribution in [2.24, 2.45) is 0 Å². The number of likely N-dealkylation sites (N-methyl/N-ethyl adjacent to an activating group) is 2. The smallest absolute Gasteiger partial charge is 0.418 e. The lowest BCUT2D eigenvalue weighted by molar-refractivity contribution is -0.872. The number of hydrogen-bond donors (Lipinski definition) is 1. The average molecular weight is 256 g/mol. The Bertz CT molecular complexity index is 210. The number of quaternary nitrogens is 1. The second kappa shape index (κ2) is 5.22. The highest BCUT2D eigenvalue weighted by Gasteiger charge is 2.48. The zero-order valence-corrected chi connectivity index (χ0v) is 8.66. The second-order valence-corrected chi connectivity index (χ2v) is 3.63. The Morgan fingerprint density at radius 2 is 1.56 bits per heavy atom. The number of rotatable bonds is 0. The van der Waals surface area contributed by atoms with Gasteiger partial charge in [0.1, 0.15) is 13.2 Å². The van der Waals surface area contributed by atoms with Gasteiger partial charge < -0.3 is 22.2 Å². The molecule has 1 N–H and O–H groups in total. The van der Waals surface area contributed by atoms with Gasteiger partial charge in [0.05, 0.1) is 7.05 Å². The van der Waals surface area contributed by atoms with E-state index in [0.717, 1.165) is 4.90 Å². The fourth-order valence-electron chi connectivity index (χ4n) is 1.45. The lowest BCUT2D eigenvalue weighted by Gasteiger charge is -2.17. The zero-order chi connectivity index (χ0) is 13.1. The third kappa shape index (κ3) is 6.88. The summed E-state index contributed by atoms with van der Waals surface area (Å²) in [6.45, 7) is 0.643. The van der Waals surface area contributed by atoms with Crippen LogP contribution in [0.3, 0.4) is 0 Å². The number of hydrogen-bond acceptors (Lipinski definition) is 1. The Kier molecular flexibility index (Phi) is 5.05. The largest absolute Gasteiger partial charge is 0.673 e. The molecule has 1 rings (SSSR count). The third-order valence-corrected chi connectivity index (χ3v) is 1.97. The average Bonchev–Trinajstić information content (AvgIpc) is 2.24. The van der Waals surface area contributed by atoms with Gasteiger partial charge in [-0.25, -0.2) is 4.90 Å². The van der Waals surface area contributed by atoms with Gasteiger partial charge in [0.2, 0.25) is 0 Å². The highest BCUT2D eigenvalue weighted by Crippen LogP contribution is 2.23. The van der Waals surface area contributed by atoms with E-state index in [-0.39, 0.29) is 6.54 Å². The van der Waals surface area contributed by atoms with Crippen molar-refractivity contribution in [2.45, 2.75) is 12.2 Å². The maximum Gasteiger partial charge on any atom is 0.673 e. The molecule has 16 heavy (non-hydrogen) atoms. The van der Waals surface area contributed by atoms with Crippen molar-refractivity contribution >= 4 is 7.25 Å². The summed E-state index contributed by atoms with van der Waals surface area (Å²) < 4.78 is 75.4. The molecule has 0 bridgehead atoms. The van der Waals surface area contributed by atoms with Crippen LogP contribution >= 0.6 is 0 Å². The molecular formula is C6H12BF7N2. The predicted octanol–water partition coefficient (Wildman–Crippen LogP) is 0.635. The lowest BCUT2D eigenvalue weighted by atomic mass is 10.3. The van der Waals surface area contributed by atoms with E-state index >= 15 is 0 Å². The van der Waals surface area contributed by atoms with Gasteiger partial charge in [-0.15, -0.1) is 0 Å². The van der Waals surface area contributed by atoms with Crippen molar-refractivity contribution < 1.29 is 35.3 Å². The van der Waals surface area contributed by atoms with Crippen molar-refractivity contribution in [3.05, 3.63) is 0 Å². The van der Waals surface area contributed by atoms with Crippen molar-refractivity contribution in [3.63, 3.8) is 0 Å². The Morgan fingerprint density at radius 3 is 1.69 bits per heavy atom. The van der Waals surface area contributed by atoms with Gasteiger partial charge in [0.25, 0.3) is 0 Å². The van der Waals surface area contributed by atoms with Crippen molar-refractivity contribution in [1.82, 2.24) is 4.90 Å². The van der Waals surface area contributed by atoms with E-state index in [1.165, 1.54) is 11.9 Å². The van der Waals surface area contributed by atoms with Crippen LogP contribution in [-0.4, -0.2) is 51.7 Å².